The third-order valence-electron chi connectivity index (χ3n) is 3.65. The summed E-state index contributed by atoms with van der Waals surface area (Å²) >= 11 is 1.08. The molecule has 0 atom stereocenters. The highest BCUT2D eigenvalue weighted by Gasteiger charge is 2.17. The molecule has 0 aliphatic rings. The summed E-state index contributed by atoms with van der Waals surface area (Å²) in [4.78, 5) is 28.1. The number of methoxy groups -OCH3 is 1. The zero-order valence-corrected chi connectivity index (χ0v) is 15.8. The van der Waals surface area contributed by atoms with Crippen molar-refractivity contribution in [1.82, 2.24) is 4.98 Å². The van der Waals surface area contributed by atoms with Crippen molar-refractivity contribution in [3.63, 3.8) is 0 Å². The van der Waals surface area contributed by atoms with Crippen LogP contribution in [-0.4, -0.2) is 30.6 Å². The van der Waals surface area contributed by atoms with E-state index in [-0.39, 0.29) is 12.5 Å². The zero-order valence-electron chi connectivity index (χ0n) is 15.0. The number of aryl methyl sites for hydroxylation is 2. The summed E-state index contributed by atoms with van der Waals surface area (Å²) in [7, 11) is 1.31. The maximum Gasteiger partial charge on any atom is 0.350 e. The molecule has 0 aliphatic heterocycles. The minimum absolute atomic E-state index is 0.132. The van der Waals surface area contributed by atoms with Crippen molar-refractivity contribution in [2.75, 3.05) is 19.0 Å². The molecule has 0 unspecified atom stereocenters. The molecule has 0 aliphatic carbocycles. The summed E-state index contributed by atoms with van der Waals surface area (Å²) in [5.41, 5.74) is 2.91. The van der Waals surface area contributed by atoms with E-state index in [0.29, 0.717) is 27.4 Å². The Labute approximate surface area is 151 Å². The van der Waals surface area contributed by atoms with Gasteiger partial charge >= 0.3 is 5.97 Å². The number of rotatable bonds is 6. The van der Waals surface area contributed by atoms with Gasteiger partial charge in [-0.2, -0.15) is 0 Å². The molecule has 0 spiro atoms. The second-order valence-corrected chi connectivity index (χ2v) is 6.93. The van der Waals surface area contributed by atoms with Crippen molar-refractivity contribution < 1.29 is 19.1 Å². The molecule has 1 aromatic heterocycles. The van der Waals surface area contributed by atoms with Gasteiger partial charge in [-0.05, 0) is 43.0 Å². The van der Waals surface area contributed by atoms with Crippen LogP contribution in [0.4, 0.5) is 5.13 Å². The number of nitrogens with zero attached hydrogens (tertiary/aromatic N) is 1. The van der Waals surface area contributed by atoms with Crippen LogP contribution >= 0.6 is 11.3 Å². The van der Waals surface area contributed by atoms with Crippen LogP contribution in [0.1, 0.15) is 46.3 Å². The molecule has 0 saturated carbocycles. The Balaban J connectivity index is 1.95. The van der Waals surface area contributed by atoms with E-state index in [9.17, 15) is 9.59 Å². The molecule has 7 heteroatoms. The van der Waals surface area contributed by atoms with Gasteiger partial charge in [0.1, 0.15) is 10.6 Å². The first-order chi connectivity index (χ1) is 11.8. The van der Waals surface area contributed by atoms with Gasteiger partial charge in [-0.15, -0.1) is 0 Å². The largest absolute Gasteiger partial charge is 0.484 e. The van der Waals surface area contributed by atoms with Crippen LogP contribution in [0.5, 0.6) is 5.75 Å². The molecule has 2 rings (SSSR count). The average molecular weight is 362 g/mol. The number of nitrogens with one attached hydrogen (secondary N) is 1. The number of aromatic nitrogens is 1. The highest BCUT2D eigenvalue weighted by molar-refractivity contribution is 7.17. The Bertz CT molecular complexity index is 783. The molecular weight excluding hydrogens is 340 g/mol. The fraction of sp³-hybridized carbons (Fsp3) is 0.389. The molecule has 1 N–H and O–H groups in total. The van der Waals surface area contributed by atoms with Gasteiger partial charge in [-0.1, -0.05) is 31.3 Å². The van der Waals surface area contributed by atoms with E-state index >= 15 is 0 Å². The first kappa shape index (κ1) is 18.9. The molecule has 1 aromatic carbocycles. The second kappa shape index (κ2) is 8.11. The minimum atomic E-state index is -0.465. The number of ether oxygens (including phenoxy) is 2. The van der Waals surface area contributed by atoms with E-state index < -0.39 is 5.97 Å². The number of hydrogen-bond donors (Lipinski definition) is 1. The Kier molecular flexibility index (Phi) is 6.14. The third kappa shape index (κ3) is 4.79. The van der Waals surface area contributed by atoms with Crippen molar-refractivity contribution in [3.05, 3.63) is 39.9 Å². The lowest BCUT2D eigenvalue weighted by Crippen LogP contribution is -2.20. The maximum atomic E-state index is 12.0. The number of hydrogen-bond acceptors (Lipinski definition) is 6. The fourth-order valence-electron chi connectivity index (χ4n) is 2.42. The summed E-state index contributed by atoms with van der Waals surface area (Å²) in [6.45, 7) is 7.85. The molecule has 6 nitrogen and oxygen atoms in total. The maximum absolute atomic E-state index is 12.0. The van der Waals surface area contributed by atoms with Gasteiger partial charge in [0.25, 0.3) is 5.91 Å². The predicted octanol–water partition coefficient (Wildman–Crippen LogP) is 3.69. The van der Waals surface area contributed by atoms with Crippen LogP contribution < -0.4 is 10.1 Å². The fourth-order valence-corrected chi connectivity index (χ4v) is 3.32. The highest BCUT2D eigenvalue weighted by atomic mass is 32.1. The van der Waals surface area contributed by atoms with Crippen LogP contribution in [0.25, 0.3) is 0 Å². The van der Waals surface area contributed by atoms with Crippen molar-refractivity contribution in [2.24, 2.45) is 0 Å². The van der Waals surface area contributed by atoms with Crippen molar-refractivity contribution >= 4 is 28.3 Å². The molecule has 1 heterocycles. The van der Waals surface area contributed by atoms with E-state index in [1.165, 1.54) is 12.7 Å². The van der Waals surface area contributed by atoms with E-state index in [1.807, 2.05) is 25.1 Å². The molecule has 0 saturated heterocycles. The summed E-state index contributed by atoms with van der Waals surface area (Å²) in [6.07, 6.45) is 0. The molecule has 0 radical (unpaired) electrons. The van der Waals surface area contributed by atoms with Crippen molar-refractivity contribution in [2.45, 2.75) is 33.6 Å². The molecule has 0 bridgehead atoms. The normalized spacial score (nSPS) is 10.6. The van der Waals surface area contributed by atoms with E-state index in [1.54, 1.807) is 6.92 Å². The SMILES string of the molecule is COC(=O)c1sc(NC(=O)COc2ccc(C(C)C)c(C)c2)nc1C. The zero-order chi connectivity index (χ0) is 18.6. The topological polar surface area (TPSA) is 77.5 Å². The first-order valence-corrected chi connectivity index (χ1v) is 8.72. The lowest BCUT2D eigenvalue weighted by atomic mass is 9.98. The minimum Gasteiger partial charge on any atom is -0.484 e. The number of carbonyl (C=O) groups is 2. The third-order valence-corrected chi connectivity index (χ3v) is 4.70. The number of amides is 1. The van der Waals surface area contributed by atoms with Crippen LogP contribution in [-0.2, 0) is 9.53 Å². The Morgan fingerprint density at radius 1 is 1.28 bits per heavy atom. The predicted molar refractivity (Wildman–Crippen MR) is 97.6 cm³/mol. The monoisotopic (exact) mass is 362 g/mol. The standard InChI is InChI=1S/C18H22N2O4S/c1-10(2)14-7-6-13(8-11(14)3)24-9-15(21)20-18-19-12(4)16(25-18)17(22)23-5/h6-8,10H,9H2,1-5H3,(H,19,20,21). The number of carbonyl (C=O) groups excluding carboxylic acids is 2. The lowest BCUT2D eigenvalue weighted by molar-refractivity contribution is -0.118. The Morgan fingerprint density at radius 2 is 2.00 bits per heavy atom. The summed E-state index contributed by atoms with van der Waals surface area (Å²) in [6, 6.07) is 5.80. The number of anilines is 1. The average Bonchev–Trinajstić information content (AvgIpc) is 2.92. The van der Waals surface area contributed by atoms with Crippen LogP contribution in [0.2, 0.25) is 0 Å². The molecular formula is C18H22N2O4S. The van der Waals surface area contributed by atoms with Gasteiger partial charge in [0, 0.05) is 0 Å². The first-order valence-electron chi connectivity index (χ1n) is 7.90. The molecule has 1 amide bonds. The molecule has 25 heavy (non-hydrogen) atoms. The van der Waals surface area contributed by atoms with E-state index in [2.05, 4.69) is 28.9 Å². The van der Waals surface area contributed by atoms with Crippen molar-refractivity contribution in [1.29, 1.82) is 0 Å². The smallest absolute Gasteiger partial charge is 0.350 e. The Hall–Kier alpha value is -2.41. The number of thiazole rings is 1. The van der Waals surface area contributed by atoms with Crippen molar-refractivity contribution in [3.8, 4) is 5.75 Å². The Morgan fingerprint density at radius 3 is 2.60 bits per heavy atom. The number of esters is 1. The highest BCUT2D eigenvalue weighted by Crippen LogP contribution is 2.24. The summed E-state index contributed by atoms with van der Waals surface area (Å²) in [5, 5.41) is 2.98. The van der Waals surface area contributed by atoms with E-state index in [0.717, 1.165) is 16.9 Å². The van der Waals surface area contributed by atoms with Crippen LogP contribution in [0.15, 0.2) is 18.2 Å². The van der Waals surface area contributed by atoms with Gasteiger partial charge < -0.3 is 9.47 Å². The molecule has 0 fully saturated rings. The van der Waals surface area contributed by atoms with Crippen LogP contribution in [0.3, 0.4) is 0 Å². The summed E-state index contributed by atoms with van der Waals surface area (Å²) < 4.78 is 10.2. The van der Waals surface area contributed by atoms with E-state index in [4.69, 9.17) is 4.74 Å². The second-order valence-electron chi connectivity index (χ2n) is 5.94. The molecule has 2 aromatic rings. The van der Waals surface area contributed by atoms with Gasteiger partial charge in [-0.3, -0.25) is 10.1 Å². The lowest BCUT2D eigenvalue weighted by Gasteiger charge is -2.12. The van der Waals surface area contributed by atoms with Gasteiger partial charge in [0.15, 0.2) is 11.7 Å². The molecule has 134 valence electrons. The number of benzene rings is 1. The van der Waals surface area contributed by atoms with Gasteiger partial charge in [-0.25, -0.2) is 9.78 Å². The van der Waals surface area contributed by atoms with Gasteiger partial charge in [0.05, 0.1) is 12.8 Å². The summed E-state index contributed by atoms with van der Waals surface area (Å²) in [5.74, 6) is 0.278. The van der Waals surface area contributed by atoms with Crippen LogP contribution in [0, 0.1) is 13.8 Å². The van der Waals surface area contributed by atoms with Gasteiger partial charge in [0.2, 0.25) is 0 Å². The quantitative estimate of drug-likeness (QED) is 0.793.